The third kappa shape index (κ3) is 20.6. The van der Waals surface area contributed by atoms with Crippen molar-refractivity contribution in [2.45, 2.75) is 158 Å². The number of likely N-dealkylation sites (tertiary alicyclic amines) is 2. The Balaban J connectivity index is 0.000000274. The first-order valence-corrected chi connectivity index (χ1v) is 33.4. The summed E-state index contributed by atoms with van der Waals surface area (Å²) in [5.41, 5.74) is 0.721. The Morgan fingerprint density at radius 3 is 1.24 bits per heavy atom. The molecule has 4 fully saturated rings. The van der Waals surface area contributed by atoms with E-state index in [1.54, 1.807) is 24.0 Å². The molecule has 0 saturated carbocycles. The Labute approximate surface area is 555 Å². The molecule has 2 amide bonds. The first-order chi connectivity index (χ1) is 44.6. The van der Waals surface area contributed by atoms with E-state index in [9.17, 15) is 18.4 Å². The van der Waals surface area contributed by atoms with E-state index in [1.807, 2.05) is 41.5 Å². The molecule has 2 spiro atoms. The first-order valence-electron chi connectivity index (χ1n) is 33.4. The molecule has 0 unspecified atom stereocenters. The minimum Gasteiger partial charge on any atom is -0.473 e. The third-order valence-corrected chi connectivity index (χ3v) is 18.7. The van der Waals surface area contributed by atoms with Crippen molar-refractivity contribution in [3.8, 4) is 23.3 Å². The molecule has 0 bridgehead atoms. The van der Waals surface area contributed by atoms with E-state index in [1.165, 1.54) is 74.7 Å². The predicted octanol–water partition coefficient (Wildman–Crippen LogP) is 9.07. The van der Waals surface area contributed by atoms with Crippen molar-refractivity contribution in [2.24, 2.45) is 22.7 Å². The summed E-state index contributed by atoms with van der Waals surface area (Å²) in [6, 6.07) is 9.03. The molecule has 2 N–H and O–H groups in total. The number of carboxylic acids is 2. The Kier molecular flexibility index (Phi) is 28.6. The van der Waals surface area contributed by atoms with Gasteiger partial charge in [-0.25, -0.2) is 28.3 Å². The number of rotatable bonds is 30. The lowest BCUT2D eigenvalue weighted by molar-refractivity contribution is -0.159. The number of carbonyl (C=O) groups excluding carboxylic acids is 2. The number of amides is 2. The van der Waals surface area contributed by atoms with Crippen LogP contribution >= 0.6 is 0 Å². The van der Waals surface area contributed by atoms with E-state index in [0.29, 0.717) is 48.6 Å². The second kappa shape index (κ2) is 35.2. The van der Waals surface area contributed by atoms with Crippen LogP contribution in [0.15, 0.2) is 49.1 Å². The van der Waals surface area contributed by atoms with Gasteiger partial charge < -0.3 is 58.6 Å². The highest BCUT2D eigenvalue weighted by atomic mass is 19.1. The Hall–Kier alpha value is -6.84. The van der Waals surface area contributed by atoms with Crippen LogP contribution in [0.3, 0.4) is 0 Å². The van der Waals surface area contributed by atoms with E-state index in [0.717, 1.165) is 91.4 Å². The van der Waals surface area contributed by atoms with Crippen molar-refractivity contribution in [1.82, 2.24) is 59.8 Å². The van der Waals surface area contributed by atoms with Crippen LogP contribution in [0.4, 0.5) is 20.4 Å². The number of ether oxygens (including phenoxy) is 4. The lowest BCUT2D eigenvalue weighted by atomic mass is 9.76. The van der Waals surface area contributed by atoms with Gasteiger partial charge in [0.25, 0.3) is 23.6 Å². The van der Waals surface area contributed by atoms with Crippen molar-refractivity contribution >= 4 is 35.4 Å². The van der Waals surface area contributed by atoms with Crippen LogP contribution in [0.1, 0.15) is 142 Å². The molecule has 4 aromatic rings. The quantitative estimate of drug-likeness (QED) is 0.0462. The van der Waals surface area contributed by atoms with Crippen molar-refractivity contribution in [3.63, 3.8) is 0 Å². The fraction of sp³-hybridized carbons (Fsp3) is 0.676. The van der Waals surface area contributed by atoms with Gasteiger partial charge in [-0.15, -0.1) is 20.4 Å². The van der Waals surface area contributed by atoms with Crippen LogP contribution < -0.4 is 19.3 Å². The summed E-state index contributed by atoms with van der Waals surface area (Å²) >= 11 is 0. The van der Waals surface area contributed by atoms with E-state index in [4.69, 9.17) is 38.7 Å². The zero-order valence-electron chi connectivity index (χ0n) is 58.6. The van der Waals surface area contributed by atoms with E-state index in [-0.39, 0.29) is 81.3 Å². The smallest absolute Gasteiger partial charge is 0.414 e. The Morgan fingerprint density at radius 2 is 0.936 bits per heavy atom. The van der Waals surface area contributed by atoms with Crippen LogP contribution in [-0.2, 0) is 19.1 Å². The number of benzene rings is 2. The molecule has 4 atom stereocenters. The molecule has 2 aromatic carbocycles. The molecule has 2 aromatic heterocycles. The second-order valence-electron chi connectivity index (χ2n) is 27.3. The van der Waals surface area contributed by atoms with Gasteiger partial charge in [0.05, 0.1) is 23.3 Å². The first kappa shape index (κ1) is 76.2. The molecule has 0 aliphatic carbocycles. The SMILES string of the molecule is CCN(C(=O)c1cc(F)ccc1Oc1nncnc1N1CCC2(C1)CN([C@H](CCCN(C)C[C@@H](C)OC)C(C)C)C2)C(C)C.CCN(C(=O)c1cc(F)ccc1Oc1nncnc1N1CCC2(C1)CN([C@H](CCCN(C)C[C@@H](C)OC)C(C)C)C2)C(C)C.O=C(O)C(=O)O. The van der Waals surface area contributed by atoms with Crippen LogP contribution in [0, 0.1) is 34.3 Å². The third-order valence-electron chi connectivity index (χ3n) is 18.7. The summed E-state index contributed by atoms with van der Waals surface area (Å²) in [7, 11) is 7.88. The number of anilines is 2. The van der Waals surface area contributed by atoms with Gasteiger partial charge in [0.1, 0.15) is 35.8 Å². The lowest BCUT2D eigenvalue weighted by Gasteiger charge is -2.53. The van der Waals surface area contributed by atoms with Crippen LogP contribution in [0.5, 0.6) is 23.3 Å². The average Bonchev–Trinajstić information content (AvgIpc) is 1.56. The topological polar surface area (TPSA) is 249 Å². The number of halogens is 2. The van der Waals surface area contributed by atoms with Gasteiger partial charge in [-0.3, -0.25) is 19.4 Å². The molecule has 0 radical (unpaired) electrons. The molecular formula is C68H106F2N14O10. The van der Waals surface area contributed by atoms with Gasteiger partial charge in [0.2, 0.25) is 0 Å². The molecule has 94 heavy (non-hydrogen) atoms. The number of nitrogens with zero attached hydrogens (tertiary/aromatic N) is 14. The molecule has 522 valence electrons. The largest absolute Gasteiger partial charge is 0.473 e. The van der Waals surface area contributed by atoms with Crippen molar-refractivity contribution in [1.29, 1.82) is 0 Å². The average molecular weight is 1320 g/mol. The van der Waals surface area contributed by atoms with Crippen molar-refractivity contribution in [2.75, 3.05) is 130 Å². The van der Waals surface area contributed by atoms with Crippen LogP contribution in [0.25, 0.3) is 0 Å². The molecule has 26 heteroatoms. The highest BCUT2D eigenvalue weighted by molar-refractivity contribution is 6.27. The molecule has 24 nitrogen and oxygen atoms in total. The monoisotopic (exact) mass is 1320 g/mol. The summed E-state index contributed by atoms with van der Waals surface area (Å²) < 4.78 is 51.8. The molecule has 4 aliphatic rings. The summed E-state index contributed by atoms with van der Waals surface area (Å²) in [4.78, 5) is 71.8. The van der Waals surface area contributed by atoms with Gasteiger partial charge >= 0.3 is 11.9 Å². The predicted molar refractivity (Wildman–Crippen MR) is 357 cm³/mol. The van der Waals surface area contributed by atoms with Crippen LogP contribution in [-0.4, -0.2) is 250 Å². The lowest BCUT2D eigenvalue weighted by Crippen LogP contribution is -2.62. The number of aliphatic carboxylic acids is 2. The summed E-state index contributed by atoms with van der Waals surface area (Å²) in [5.74, 6) is -1.92. The summed E-state index contributed by atoms with van der Waals surface area (Å²) in [6.07, 6.45) is 10.2. The number of hydrogen-bond acceptors (Lipinski definition) is 20. The maximum absolute atomic E-state index is 14.3. The molecule has 6 heterocycles. The highest BCUT2D eigenvalue weighted by Gasteiger charge is 2.52. The molecular weight excluding hydrogens is 1210 g/mol. The number of hydrogen-bond donors (Lipinski definition) is 2. The minimum absolute atomic E-state index is 0.0402. The molecule has 4 aliphatic heterocycles. The number of methoxy groups -OCH3 is 2. The standard InChI is InChI=1S/2C33H52FN7O3.C2H2O4/c2*1-9-41(24(4)5)32(42)27-17-26(34)12-13-29(27)44-31-30(35-22-36-37-31)39-16-14-33(19-39)20-40(21-33)28(23(2)3)11-10-15-38(7)18-25(6)43-8;3-1(4)2(5)6/h2*12-13,17,22-25,28H,9-11,14-16,18-21H2,1-8H3;(H,3,4)(H,5,6)/t2*25-,28-;/m11./s1. The fourth-order valence-corrected chi connectivity index (χ4v) is 13.7. The highest BCUT2D eigenvalue weighted by Crippen LogP contribution is 2.47. The Morgan fingerprint density at radius 1 is 0.574 bits per heavy atom. The van der Waals surface area contributed by atoms with Crippen LogP contribution in [0.2, 0.25) is 0 Å². The normalized spacial score (nSPS) is 17.2. The molecule has 8 rings (SSSR count). The van der Waals surface area contributed by atoms with E-state index < -0.39 is 23.6 Å². The number of carboxylic acid groups (broad SMARTS) is 2. The summed E-state index contributed by atoms with van der Waals surface area (Å²) in [5, 5.41) is 31.2. The fourth-order valence-electron chi connectivity index (χ4n) is 13.7. The second-order valence-corrected chi connectivity index (χ2v) is 27.3. The van der Waals surface area contributed by atoms with Gasteiger partial charge in [0, 0.05) is 128 Å². The zero-order chi connectivity index (χ0) is 69.2. The van der Waals surface area contributed by atoms with E-state index >= 15 is 0 Å². The maximum atomic E-state index is 14.3. The maximum Gasteiger partial charge on any atom is 0.414 e. The van der Waals surface area contributed by atoms with Crippen molar-refractivity contribution < 1.29 is 57.1 Å². The minimum atomic E-state index is -1.82. The Bertz CT molecular complexity index is 2880. The zero-order valence-corrected chi connectivity index (χ0v) is 58.6. The number of likely N-dealkylation sites (N-methyl/N-ethyl adjacent to an activating group) is 2. The van der Waals surface area contributed by atoms with Gasteiger partial charge in [0.15, 0.2) is 11.6 Å². The van der Waals surface area contributed by atoms with Gasteiger partial charge in [-0.2, -0.15) is 0 Å². The van der Waals surface area contributed by atoms with Gasteiger partial charge in [-0.05, 0) is 169 Å². The number of aromatic nitrogens is 6. The van der Waals surface area contributed by atoms with Gasteiger partial charge in [-0.1, -0.05) is 27.7 Å². The molecule has 4 saturated heterocycles. The summed E-state index contributed by atoms with van der Waals surface area (Å²) in [6.45, 7) is 37.8. The van der Waals surface area contributed by atoms with E-state index in [2.05, 4.69) is 115 Å². The number of carbonyl (C=O) groups is 4. The van der Waals surface area contributed by atoms with Crippen molar-refractivity contribution in [3.05, 3.63) is 71.8 Å².